The molecule has 9 rings (SSSR count). The SMILES string of the molecule is C(=Cc1cccc2[n+]1CCCc1ccc3c(c1-2)-c1cccc(C=Cc2ccc(-c4ccccn4)cc2)[n+]1CCC3)c1ccc(-c2ccccn2)cc1.O=S(=O)([O-])C(F)(F)F.O=S(=O)([O-])C(F)(F)F. The van der Waals surface area contributed by atoms with Gasteiger partial charge in [0, 0.05) is 72.8 Å². The minimum absolute atomic E-state index is 0.986. The molecule has 2 aliphatic rings. The maximum atomic E-state index is 10.7. The fraction of sp³-hybridized carbons (Fsp3) is 0.160. The zero-order chi connectivity index (χ0) is 48.7. The molecule has 0 fully saturated rings. The number of pyridine rings is 4. The van der Waals surface area contributed by atoms with Gasteiger partial charge in [-0.15, -0.1) is 0 Å². The lowest BCUT2D eigenvalue weighted by Crippen LogP contribution is -2.40. The summed E-state index contributed by atoms with van der Waals surface area (Å²) in [6.07, 6.45) is 17.1. The molecule has 0 saturated heterocycles. The van der Waals surface area contributed by atoms with Gasteiger partial charge in [0.25, 0.3) is 0 Å². The first-order valence-corrected chi connectivity index (χ1v) is 23.7. The summed E-state index contributed by atoms with van der Waals surface area (Å²) in [4.78, 5) is 9.02. The van der Waals surface area contributed by atoms with Gasteiger partial charge >= 0.3 is 11.0 Å². The quantitative estimate of drug-likeness (QED) is 0.0693. The van der Waals surface area contributed by atoms with E-state index in [2.05, 4.69) is 153 Å². The summed E-state index contributed by atoms with van der Waals surface area (Å²) in [5, 5.41) is 0. The highest BCUT2D eigenvalue weighted by Gasteiger charge is 2.38. The molecule has 4 aromatic heterocycles. The topological polar surface area (TPSA) is 148 Å². The zero-order valence-electron chi connectivity index (χ0n) is 35.7. The second kappa shape index (κ2) is 20.6. The molecule has 0 unspecified atom stereocenters. The van der Waals surface area contributed by atoms with E-state index in [-0.39, 0.29) is 0 Å². The largest absolute Gasteiger partial charge is 0.741 e. The smallest absolute Gasteiger partial charge is 0.485 e. The van der Waals surface area contributed by atoms with Crippen LogP contribution in [0.25, 0.3) is 69.3 Å². The van der Waals surface area contributed by atoms with E-state index in [0.29, 0.717) is 0 Å². The van der Waals surface area contributed by atoms with Crippen molar-refractivity contribution in [3.05, 3.63) is 179 Å². The van der Waals surface area contributed by atoms with Crippen molar-refractivity contribution in [1.82, 2.24) is 9.97 Å². The van der Waals surface area contributed by atoms with Crippen LogP contribution in [0.3, 0.4) is 0 Å². The molecule has 7 aromatic rings. The van der Waals surface area contributed by atoms with Crippen LogP contribution in [-0.4, -0.2) is 46.9 Å². The van der Waals surface area contributed by atoms with Crippen LogP contribution in [0.5, 0.6) is 0 Å². The summed E-state index contributed by atoms with van der Waals surface area (Å²) >= 11 is 0. The van der Waals surface area contributed by atoms with E-state index < -0.39 is 31.3 Å². The van der Waals surface area contributed by atoms with Gasteiger partial charge in [0.05, 0.1) is 22.5 Å². The third-order valence-corrected chi connectivity index (χ3v) is 12.1. The first kappa shape index (κ1) is 49.1. The Kier molecular flexibility index (Phi) is 14.8. The Morgan fingerprint density at radius 1 is 0.471 bits per heavy atom. The second-order valence-corrected chi connectivity index (χ2v) is 18.2. The number of halogens is 6. The molecule has 0 atom stereocenters. The third kappa shape index (κ3) is 11.8. The lowest BCUT2D eigenvalue weighted by atomic mass is 9.88. The highest BCUT2D eigenvalue weighted by atomic mass is 32.2. The molecule has 0 spiro atoms. The minimum Gasteiger partial charge on any atom is -0.741 e. The van der Waals surface area contributed by atoms with Crippen molar-refractivity contribution in [2.45, 2.75) is 49.8 Å². The maximum Gasteiger partial charge on any atom is 0.485 e. The number of hydrogen-bond donors (Lipinski definition) is 0. The molecule has 3 aromatic carbocycles. The van der Waals surface area contributed by atoms with Crippen molar-refractivity contribution in [3.63, 3.8) is 0 Å². The highest BCUT2D eigenvalue weighted by molar-refractivity contribution is 7.86. The lowest BCUT2D eigenvalue weighted by Gasteiger charge is -2.14. The number of rotatable bonds is 6. The Labute approximate surface area is 388 Å². The third-order valence-electron chi connectivity index (χ3n) is 11.0. The number of benzene rings is 3. The maximum absolute atomic E-state index is 10.7. The Bertz CT molecular complexity index is 2970. The van der Waals surface area contributed by atoms with Crippen molar-refractivity contribution in [2.75, 3.05) is 0 Å². The first-order valence-electron chi connectivity index (χ1n) is 20.9. The predicted octanol–water partition coefficient (Wildman–Crippen LogP) is 10.1. The predicted molar refractivity (Wildman–Crippen MR) is 243 cm³/mol. The van der Waals surface area contributed by atoms with Crippen LogP contribution in [0.4, 0.5) is 26.3 Å². The average Bonchev–Trinajstić information content (AvgIpc) is 3.63. The molecule has 10 nitrogen and oxygen atoms in total. The number of nitrogens with zero attached hydrogens (tertiary/aromatic N) is 4. The summed E-state index contributed by atoms with van der Waals surface area (Å²) < 4.78 is 123. The van der Waals surface area contributed by atoms with Crippen LogP contribution in [0.15, 0.2) is 146 Å². The number of hydrogen-bond acceptors (Lipinski definition) is 8. The van der Waals surface area contributed by atoms with E-state index in [1.807, 2.05) is 36.7 Å². The summed E-state index contributed by atoms with van der Waals surface area (Å²) in [5.41, 5.74) is 6.05. The van der Waals surface area contributed by atoms with Crippen molar-refractivity contribution < 1.29 is 61.4 Å². The molecule has 0 bridgehead atoms. The average molecular weight is 971 g/mol. The van der Waals surface area contributed by atoms with Gasteiger partial charge in [-0.3, -0.25) is 9.97 Å². The molecule has 350 valence electrons. The first-order chi connectivity index (χ1) is 32.3. The van der Waals surface area contributed by atoms with Crippen LogP contribution in [-0.2, 0) is 46.2 Å². The molecule has 0 N–H and O–H groups in total. The summed E-state index contributed by atoms with van der Waals surface area (Å²) in [6, 6.07) is 47.9. The van der Waals surface area contributed by atoms with Crippen LogP contribution < -0.4 is 9.13 Å². The molecular weight excluding hydrogens is 931 g/mol. The summed E-state index contributed by atoms with van der Waals surface area (Å²) in [6.45, 7) is 1.97. The number of aryl methyl sites for hydroxylation is 2. The number of fused-ring (bicyclic) bond motifs is 7. The van der Waals surface area contributed by atoms with Crippen molar-refractivity contribution >= 4 is 44.5 Å². The molecule has 0 aliphatic carbocycles. The Hall–Kier alpha value is -6.86. The normalized spacial score (nSPS) is 13.6. The van der Waals surface area contributed by atoms with E-state index in [0.717, 1.165) is 61.3 Å². The molecule has 18 heteroatoms. The number of alkyl halides is 6. The van der Waals surface area contributed by atoms with E-state index >= 15 is 0 Å². The highest BCUT2D eigenvalue weighted by Crippen LogP contribution is 2.39. The second-order valence-electron chi connectivity index (χ2n) is 15.5. The van der Waals surface area contributed by atoms with Crippen LogP contribution in [0, 0.1) is 0 Å². The molecule has 0 saturated carbocycles. The van der Waals surface area contributed by atoms with Gasteiger partial charge < -0.3 is 9.11 Å². The zero-order valence-corrected chi connectivity index (χ0v) is 37.4. The number of aromatic nitrogens is 4. The van der Waals surface area contributed by atoms with Crippen LogP contribution in [0.2, 0.25) is 0 Å². The van der Waals surface area contributed by atoms with Crippen LogP contribution in [0.1, 0.15) is 46.5 Å². The standard InChI is InChI=1S/C48H40N4.2CHF3O3S/c1-3-31-49-43(13-1)37-23-17-35(18-24-37)21-29-41-11-5-15-45-47-39(9-7-33-51(41)45)27-28-40-10-8-34-52-42(12-6-16-46(52)48(40)47)30-22-36-19-25-38(26-20-36)44-14-2-4-32-50-44;2*2-1(3,4)8(5,6)7/h1-6,11-32H,7-10,33-34H2;2*(H,5,6,7)/q+2;;/p-2. The van der Waals surface area contributed by atoms with Gasteiger partial charge in [-0.05, 0) is 83.6 Å². The molecule has 0 amide bonds. The molecule has 0 radical (unpaired) electrons. The fourth-order valence-electron chi connectivity index (χ4n) is 7.85. The van der Waals surface area contributed by atoms with Gasteiger partial charge in [0.2, 0.25) is 22.8 Å². The van der Waals surface area contributed by atoms with Gasteiger partial charge in [-0.2, -0.15) is 35.5 Å². The van der Waals surface area contributed by atoms with Gasteiger partial charge in [0.1, 0.15) is 13.1 Å². The summed E-state index contributed by atoms with van der Waals surface area (Å²) in [5.74, 6) is 0. The van der Waals surface area contributed by atoms with Crippen LogP contribution >= 0.6 is 0 Å². The Morgan fingerprint density at radius 3 is 1.16 bits per heavy atom. The van der Waals surface area contributed by atoms with Crippen molar-refractivity contribution in [1.29, 1.82) is 0 Å². The van der Waals surface area contributed by atoms with E-state index in [4.69, 9.17) is 25.9 Å². The fourth-order valence-corrected chi connectivity index (χ4v) is 7.85. The van der Waals surface area contributed by atoms with E-state index in [1.54, 1.807) is 0 Å². The summed E-state index contributed by atoms with van der Waals surface area (Å²) in [7, 11) is -12.2. The van der Waals surface area contributed by atoms with Gasteiger partial charge in [-0.1, -0.05) is 72.8 Å². The van der Waals surface area contributed by atoms with Gasteiger partial charge in [-0.25, -0.2) is 16.8 Å². The Morgan fingerprint density at radius 2 is 0.838 bits per heavy atom. The van der Waals surface area contributed by atoms with Gasteiger partial charge in [0.15, 0.2) is 20.2 Å². The molecular formula is C50H40F6N4O6S2. The van der Waals surface area contributed by atoms with E-state index in [1.165, 1.54) is 56.2 Å². The van der Waals surface area contributed by atoms with Crippen molar-refractivity contribution in [2.24, 2.45) is 0 Å². The lowest BCUT2D eigenvalue weighted by molar-refractivity contribution is -0.689. The minimum atomic E-state index is -6.09. The van der Waals surface area contributed by atoms with E-state index in [9.17, 15) is 26.3 Å². The molecule has 6 heterocycles. The molecule has 68 heavy (non-hydrogen) atoms. The monoisotopic (exact) mass is 970 g/mol. The Balaban J connectivity index is 0.000000368. The molecule has 2 aliphatic heterocycles. The van der Waals surface area contributed by atoms with Crippen molar-refractivity contribution in [3.8, 4) is 45.0 Å².